The summed E-state index contributed by atoms with van der Waals surface area (Å²) < 4.78 is 5.10. The molecule has 1 N–H and O–H groups in total. The summed E-state index contributed by atoms with van der Waals surface area (Å²) in [6.45, 7) is 10.2. The average Bonchev–Trinajstić information content (AvgIpc) is 2.57. The highest BCUT2D eigenvalue weighted by atomic mass is 16.5. The molecule has 0 saturated heterocycles. The van der Waals surface area contributed by atoms with E-state index in [9.17, 15) is 14.7 Å². The number of rotatable bonds is 13. The molecule has 0 aliphatic heterocycles. The Hall–Kier alpha value is -1.84. The van der Waals surface area contributed by atoms with Crippen molar-refractivity contribution >= 4 is 12.4 Å². The topological polar surface area (TPSA) is 63.6 Å². The van der Waals surface area contributed by atoms with Gasteiger partial charge in [0.1, 0.15) is 5.60 Å². The smallest absolute Gasteiger partial charge is 0.309 e. The van der Waals surface area contributed by atoms with Crippen LogP contribution in [0, 0.1) is 12.3 Å². The van der Waals surface area contributed by atoms with Crippen LogP contribution in [0.15, 0.2) is 18.2 Å². The monoisotopic (exact) mass is 376 g/mol. The lowest BCUT2D eigenvalue weighted by atomic mass is 9.86. The zero-order valence-electron chi connectivity index (χ0n) is 17.6. The molecule has 152 valence electrons. The van der Waals surface area contributed by atoms with Gasteiger partial charge in [-0.1, -0.05) is 24.6 Å². The second-order valence-corrected chi connectivity index (χ2v) is 8.84. The second-order valence-electron chi connectivity index (χ2n) is 8.84. The van der Waals surface area contributed by atoms with Gasteiger partial charge in [-0.25, -0.2) is 0 Å². The van der Waals surface area contributed by atoms with Gasteiger partial charge in [-0.15, -0.1) is 0 Å². The number of benzene rings is 1. The maximum absolute atomic E-state index is 11.2. The first-order chi connectivity index (χ1) is 12.6. The fourth-order valence-electron chi connectivity index (χ4n) is 3.21. The Morgan fingerprint density at radius 2 is 1.67 bits per heavy atom. The summed E-state index contributed by atoms with van der Waals surface area (Å²) in [7, 11) is 0. The molecule has 0 aliphatic carbocycles. The average molecular weight is 377 g/mol. The van der Waals surface area contributed by atoms with Crippen LogP contribution in [0.4, 0.5) is 0 Å². The summed E-state index contributed by atoms with van der Waals surface area (Å²) in [6.07, 6.45) is 7.62. The largest absolute Gasteiger partial charge is 0.481 e. The fourth-order valence-corrected chi connectivity index (χ4v) is 3.21. The molecule has 1 aromatic rings. The van der Waals surface area contributed by atoms with E-state index in [1.807, 2.05) is 13.8 Å². The molecule has 0 atom stereocenters. The molecule has 0 aromatic heterocycles. The van der Waals surface area contributed by atoms with Crippen molar-refractivity contribution < 1.29 is 19.4 Å². The van der Waals surface area contributed by atoms with Gasteiger partial charge < -0.3 is 9.84 Å². The molecule has 0 saturated carbocycles. The molecule has 0 heterocycles. The third-order valence-corrected chi connectivity index (χ3v) is 5.35. The van der Waals surface area contributed by atoms with E-state index in [-0.39, 0.29) is 5.60 Å². The molecule has 0 amide bonds. The molecule has 0 aliphatic rings. The van der Waals surface area contributed by atoms with Crippen LogP contribution in [-0.2, 0) is 27.2 Å². The van der Waals surface area contributed by atoms with Gasteiger partial charge in [0.25, 0.3) is 6.47 Å². The van der Waals surface area contributed by atoms with Crippen molar-refractivity contribution in [2.45, 2.75) is 91.6 Å². The number of carbonyl (C=O) groups excluding carboxylic acids is 1. The minimum Gasteiger partial charge on any atom is -0.481 e. The SMILES string of the molecule is Cc1ccc(CCCCC(C)(C)C(=O)O)cc1CCCCC(C)(C)OC=O. The summed E-state index contributed by atoms with van der Waals surface area (Å²) in [5.74, 6) is -0.721. The van der Waals surface area contributed by atoms with E-state index in [0.717, 1.165) is 44.9 Å². The number of hydrogen-bond donors (Lipinski definition) is 1. The first kappa shape index (κ1) is 23.2. The normalized spacial score (nSPS) is 12.0. The number of ether oxygens (including phenoxy) is 1. The van der Waals surface area contributed by atoms with Gasteiger partial charge in [-0.05, 0) is 96.3 Å². The lowest BCUT2D eigenvalue weighted by Gasteiger charge is -2.22. The molecule has 0 spiro atoms. The van der Waals surface area contributed by atoms with Crippen molar-refractivity contribution in [2.24, 2.45) is 5.41 Å². The number of carboxylic acids is 1. The van der Waals surface area contributed by atoms with Crippen LogP contribution in [0.3, 0.4) is 0 Å². The van der Waals surface area contributed by atoms with Crippen molar-refractivity contribution in [3.8, 4) is 0 Å². The molecule has 0 bridgehead atoms. The van der Waals surface area contributed by atoms with Crippen LogP contribution >= 0.6 is 0 Å². The van der Waals surface area contributed by atoms with E-state index in [4.69, 9.17) is 4.74 Å². The lowest BCUT2D eigenvalue weighted by Crippen LogP contribution is -2.23. The quantitative estimate of drug-likeness (QED) is 0.365. The Morgan fingerprint density at radius 1 is 1.04 bits per heavy atom. The summed E-state index contributed by atoms with van der Waals surface area (Å²) in [4.78, 5) is 21.7. The van der Waals surface area contributed by atoms with Gasteiger partial charge >= 0.3 is 5.97 Å². The van der Waals surface area contributed by atoms with Gasteiger partial charge in [-0.2, -0.15) is 0 Å². The van der Waals surface area contributed by atoms with Gasteiger partial charge in [0, 0.05) is 0 Å². The fraction of sp³-hybridized carbons (Fsp3) is 0.652. The van der Waals surface area contributed by atoms with Crippen LogP contribution in [0.5, 0.6) is 0 Å². The molecule has 4 nitrogen and oxygen atoms in total. The maximum Gasteiger partial charge on any atom is 0.309 e. The van der Waals surface area contributed by atoms with Crippen molar-refractivity contribution in [3.05, 3.63) is 34.9 Å². The number of aryl methyl sites for hydroxylation is 3. The Bertz CT molecular complexity index is 617. The van der Waals surface area contributed by atoms with E-state index < -0.39 is 11.4 Å². The highest BCUT2D eigenvalue weighted by Crippen LogP contribution is 2.24. The minimum absolute atomic E-state index is 0.387. The number of carboxylic acid groups (broad SMARTS) is 1. The van der Waals surface area contributed by atoms with Crippen LogP contribution in [-0.4, -0.2) is 23.1 Å². The molecule has 0 radical (unpaired) electrons. The van der Waals surface area contributed by atoms with Crippen LogP contribution in [0.25, 0.3) is 0 Å². The van der Waals surface area contributed by atoms with Crippen molar-refractivity contribution in [1.82, 2.24) is 0 Å². The number of hydrogen-bond acceptors (Lipinski definition) is 3. The number of unbranched alkanes of at least 4 members (excludes halogenated alkanes) is 2. The molecular weight excluding hydrogens is 340 g/mol. The molecule has 27 heavy (non-hydrogen) atoms. The highest BCUT2D eigenvalue weighted by Gasteiger charge is 2.26. The Kier molecular flexibility index (Phi) is 9.01. The van der Waals surface area contributed by atoms with E-state index in [1.54, 1.807) is 13.8 Å². The molecule has 1 aromatic carbocycles. The van der Waals surface area contributed by atoms with Crippen LogP contribution < -0.4 is 0 Å². The maximum atomic E-state index is 11.2. The summed E-state index contributed by atoms with van der Waals surface area (Å²) in [6, 6.07) is 6.66. The Balaban J connectivity index is 2.45. The summed E-state index contributed by atoms with van der Waals surface area (Å²) in [5, 5.41) is 9.18. The molecule has 4 heteroatoms. The first-order valence-corrected chi connectivity index (χ1v) is 10.0. The molecule has 0 unspecified atom stereocenters. The first-order valence-electron chi connectivity index (χ1n) is 10.0. The Labute approximate surface area is 164 Å². The van der Waals surface area contributed by atoms with Crippen LogP contribution in [0.1, 0.15) is 82.9 Å². The number of aliphatic carboxylic acids is 1. The van der Waals surface area contributed by atoms with Crippen molar-refractivity contribution in [2.75, 3.05) is 0 Å². The zero-order chi connectivity index (χ0) is 20.5. The van der Waals surface area contributed by atoms with E-state index >= 15 is 0 Å². The van der Waals surface area contributed by atoms with Gasteiger partial charge in [0.2, 0.25) is 0 Å². The van der Waals surface area contributed by atoms with Crippen molar-refractivity contribution in [1.29, 1.82) is 0 Å². The van der Waals surface area contributed by atoms with E-state index in [0.29, 0.717) is 12.9 Å². The third kappa shape index (κ3) is 8.59. The lowest BCUT2D eigenvalue weighted by molar-refractivity contribution is -0.147. The highest BCUT2D eigenvalue weighted by molar-refractivity contribution is 5.73. The predicted octanol–water partition coefficient (Wildman–Crippen LogP) is 5.48. The minimum atomic E-state index is -0.721. The van der Waals surface area contributed by atoms with Gasteiger partial charge in [-0.3, -0.25) is 9.59 Å². The standard InChI is InChI=1S/C23H36O4/c1-18-12-13-19(10-6-8-14-22(2,3)21(25)26)16-20(18)11-7-9-15-23(4,5)27-17-24/h12-13,16-17H,6-11,14-15H2,1-5H3,(H,25,26). The van der Waals surface area contributed by atoms with Crippen LogP contribution in [0.2, 0.25) is 0 Å². The van der Waals surface area contributed by atoms with E-state index in [1.165, 1.54) is 16.7 Å². The molecule has 1 rings (SSSR count). The molecular formula is C23H36O4. The zero-order valence-corrected chi connectivity index (χ0v) is 17.6. The third-order valence-electron chi connectivity index (χ3n) is 5.35. The van der Waals surface area contributed by atoms with Gasteiger partial charge in [0.15, 0.2) is 0 Å². The van der Waals surface area contributed by atoms with E-state index in [2.05, 4.69) is 25.1 Å². The Morgan fingerprint density at radius 3 is 2.30 bits per heavy atom. The number of carbonyl (C=O) groups is 2. The van der Waals surface area contributed by atoms with Gasteiger partial charge in [0.05, 0.1) is 5.41 Å². The second kappa shape index (κ2) is 10.5. The summed E-state index contributed by atoms with van der Waals surface area (Å²) in [5.41, 5.74) is 3.00. The summed E-state index contributed by atoms with van der Waals surface area (Å²) >= 11 is 0. The van der Waals surface area contributed by atoms with Crippen molar-refractivity contribution in [3.63, 3.8) is 0 Å². The predicted molar refractivity (Wildman–Crippen MR) is 109 cm³/mol. The molecule has 0 fully saturated rings.